The van der Waals surface area contributed by atoms with Crippen molar-refractivity contribution in [1.82, 2.24) is 10.3 Å². The number of anilines is 1. The van der Waals surface area contributed by atoms with E-state index in [0.29, 0.717) is 42.6 Å². The van der Waals surface area contributed by atoms with Crippen LogP contribution in [0.2, 0.25) is 0 Å². The third-order valence-corrected chi connectivity index (χ3v) is 5.66. The maximum atomic E-state index is 13.2. The number of pyridine rings is 1. The van der Waals surface area contributed by atoms with Gasteiger partial charge >= 0.3 is 6.09 Å². The third kappa shape index (κ3) is 4.33. The second-order valence-corrected chi connectivity index (χ2v) is 7.80. The Labute approximate surface area is 179 Å². The lowest BCUT2D eigenvalue weighted by Gasteiger charge is -2.16. The molecule has 0 bridgehead atoms. The van der Waals surface area contributed by atoms with Crippen LogP contribution >= 0.6 is 0 Å². The summed E-state index contributed by atoms with van der Waals surface area (Å²) in [7, 11) is 0. The van der Waals surface area contributed by atoms with Gasteiger partial charge in [0.25, 0.3) is 0 Å². The van der Waals surface area contributed by atoms with Gasteiger partial charge in [0, 0.05) is 36.1 Å². The number of amides is 2. The minimum Gasteiger partial charge on any atom is -0.442 e. The van der Waals surface area contributed by atoms with Gasteiger partial charge in [-0.3, -0.25) is 24.3 Å². The molecule has 4 rings (SSSR count). The summed E-state index contributed by atoms with van der Waals surface area (Å²) in [5.41, 5.74) is 2.47. The monoisotopic (exact) mass is 421 g/mol. The van der Waals surface area contributed by atoms with Crippen molar-refractivity contribution in [2.75, 3.05) is 18.0 Å². The first kappa shape index (κ1) is 20.7. The summed E-state index contributed by atoms with van der Waals surface area (Å²) >= 11 is 0. The average Bonchev–Trinajstić information content (AvgIpc) is 3.07. The number of carbonyl (C=O) groups excluding carboxylic acids is 4. The second kappa shape index (κ2) is 8.67. The SMILES string of the molecule is CC(=O)NC[C@H]1CN(c2ccc3c(c2)CCCC(C(=O)c2ccncc2)C3=O)C(=O)O1. The number of nitrogens with zero attached hydrogens (tertiary/aromatic N) is 2. The second-order valence-electron chi connectivity index (χ2n) is 7.80. The molecule has 1 saturated heterocycles. The molecule has 2 aliphatic rings. The Morgan fingerprint density at radius 1 is 1.19 bits per heavy atom. The fourth-order valence-electron chi connectivity index (χ4n) is 4.07. The topological polar surface area (TPSA) is 106 Å². The maximum absolute atomic E-state index is 13.2. The number of hydrogen-bond acceptors (Lipinski definition) is 6. The molecule has 8 heteroatoms. The number of carbonyl (C=O) groups is 4. The van der Waals surface area contributed by atoms with Gasteiger partial charge in [-0.15, -0.1) is 0 Å². The summed E-state index contributed by atoms with van der Waals surface area (Å²) < 4.78 is 5.32. The molecule has 1 unspecified atom stereocenters. The van der Waals surface area contributed by atoms with Crippen LogP contribution in [0.1, 0.15) is 46.0 Å². The lowest BCUT2D eigenvalue weighted by atomic mass is 9.88. The van der Waals surface area contributed by atoms with E-state index in [-0.39, 0.29) is 24.0 Å². The quantitative estimate of drug-likeness (QED) is 0.452. The number of benzene rings is 1. The molecular formula is C23H23N3O5. The molecule has 2 aromatic rings. The zero-order valence-corrected chi connectivity index (χ0v) is 17.2. The first-order chi connectivity index (χ1) is 14.9. The van der Waals surface area contributed by atoms with Crippen LogP contribution in [0, 0.1) is 5.92 Å². The van der Waals surface area contributed by atoms with Crippen molar-refractivity contribution < 1.29 is 23.9 Å². The standard InChI is InChI=1S/C23H23N3O5/c1-14(27)25-12-18-13-26(23(30)31-18)17-5-6-19-16(11-17)3-2-4-20(22(19)29)21(28)15-7-9-24-10-8-15/h5-11,18,20H,2-4,12-13H2,1H3,(H,25,27)/t18-,20?/m0/s1. The van der Waals surface area contributed by atoms with Crippen LogP contribution in [0.15, 0.2) is 42.7 Å². The Balaban J connectivity index is 1.54. The van der Waals surface area contributed by atoms with Crippen LogP contribution in [0.25, 0.3) is 0 Å². The van der Waals surface area contributed by atoms with Crippen molar-refractivity contribution in [3.8, 4) is 0 Å². The van der Waals surface area contributed by atoms with E-state index < -0.39 is 18.1 Å². The van der Waals surface area contributed by atoms with Crippen LogP contribution < -0.4 is 10.2 Å². The fourth-order valence-corrected chi connectivity index (χ4v) is 4.07. The summed E-state index contributed by atoms with van der Waals surface area (Å²) in [5, 5.41) is 2.65. The minimum atomic E-state index is -0.715. The van der Waals surface area contributed by atoms with E-state index in [0.717, 1.165) is 5.56 Å². The number of aromatic nitrogens is 1. The summed E-state index contributed by atoms with van der Waals surface area (Å²) in [6, 6.07) is 8.48. The molecule has 0 radical (unpaired) electrons. The summed E-state index contributed by atoms with van der Waals surface area (Å²) in [6.45, 7) is 1.97. The third-order valence-electron chi connectivity index (χ3n) is 5.66. The Kier molecular flexibility index (Phi) is 5.79. The Morgan fingerprint density at radius 2 is 1.97 bits per heavy atom. The number of fused-ring (bicyclic) bond motifs is 1. The normalized spacial score (nSPS) is 20.6. The number of rotatable bonds is 5. The van der Waals surface area contributed by atoms with Crippen molar-refractivity contribution in [3.63, 3.8) is 0 Å². The van der Waals surface area contributed by atoms with Crippen LogP contribution in [0.3, 0.4) is 0 Å². The lowest BCUT2D eigenvalue weighted by Crippen LogP contribution is -2.33. The molecule has 0 saturated carbocycles. The predicted octanol–water partition coefficient (Wildman–Crippen LogP) is 2.56. The highest BCUT2D eigenvalue weighted by atomic mass is 16.6. The van der Waals surface area contributed by atoms with E-state index in [1.165, 1.54) is 11.8 Å². The molecule has 1 aromatic heterocycles. The molecule has 1 aromatic carbocycles. The van der Waals surface area contributed by atoms with E-state index in [4.69, 9.17) is 4.74 Å². The number of hydrogen-bond donors (Lipinski definition) is 1. The van der Waals surface area contributed by atoms with Gasteiger partial charge in [-0.2, -0.15) is 0 Å². The maximum Gasteiger partial charge on any atom is 0.414 e. The Bertz CT molecular complexity index is 1040. The van der Waals surface area contributed by atoms with Gasteiger partial charge in [-0.25, -0.2) is 4.79 Å². The molecule has 2 heterocycles. The predicted molar refractivity (Wildman–Crippen MR) is 112 cm³/mol. The number of Topliss-reactive ketones (excluding diaryl/α,β-unsaturated/α-hetero) is 2. The highest BCUT2D eigenvalue weighted by molar-refractivity contribution is 6.16. The van der Waals surface area contributed by atoms with Gasteiger partial charge in [0.15, 0.2) is 11.6 Å². The average molecular weight is 421 g/mol. The molecule has 0 spiro atoms. The minimum absolute atomic E-state index is 0.186. The highest BCUT2D eigenvalue weighted by Gasteiger charge is 2.35. The first-order valence-corrected chi connectivity index (χ1v) is 10.3. The molecular weight excluding hydrogens is 398 g/mol. The van der Waals surface area contributed by atoms with E-state index in [1.807, 2.05) is 6.07 Å². The molecule has 1 aliphatic carbocycles. The molecule has 8 nitrogen and oxygen atoms in total. The van der Waals surface area contributed by atoms with Crippen molar-refractivity contribution in [3.05, 3.63) is 59.4 Å². The lowest BCUT2D eigenvalue weighted by molar-refractivity contribution is -0.119. The first-order valence-electron chi connectivity index (χ1n) is 10.3. The highest BCUT2D eigenvalue weighted by Crippen LogP contribution is 2.31. The summed E-state index contributed by atoms with van der Waals surface area (Å²) in [6.07, 6.45) is 3.99. The summed E-state index contributed by atoms with van der Waals surface area (Å²) in [4.78, 5) is 54.9. The largest absolute Gasteiger partial charge is 0.442 e. The van der Waals surface area contributed by atoms with E-state index in [1.54, 1.807) is 36.7 Å². The number of ketones is 2. The molecule has 2 amide bonds. The van der Waals surface area contributed by atoms with Crippen LogP contribution in [0.5, 0.6) is 0 Å². The van der Waals surface area contributed by atoms with Crippen LogP contribution in [0.4, 0.5) is 10.5 Å². The molecule has 31 heavy (non-hydrogen) atoms. The van der Waals surface area contributed by atoms with E-state index in [9.17, 15) is 19.2 Å². The molecule has 1 aliphatic heterocycles. The van der Waals surface area contributed by atoms with Crippen LogP contribution in [-0.4, -0.2) is 47.7 Å². The number of cyclic esters (lactones) is 1. The van der Waals surface area contributed by atoms with Gasteiger partial charge in [-0.05, 0) is 55.2 Å². The summed E-state index contributed by atoms with van der Waals surface area (Å²) in [5.74, 6) is -1.27. The van der Waals surface area contributed by atoms with Gasteiger partial charge in [0.2, 0.25) is 5.91 Å². The van der Waals surface area contributed by atoms with Crippen molar-refractivity contribution in [1.29, 1.82) is 0 Å². The molecule has 1 N–H and O–H groups in total. The van der Waals surface area contributed by atoms with Crippen molar-refractivity contribution in [2.45, 2.75) is 32.3 Å². The van der Waals surface area contributed by atoms with Crippen molar-refractivity contribution >= 4 is 29.3 Å². The van der Waals surface area contributed by atoms with Gasteiger partial charge in [0.1, 0.15) is 6.10 Å². The van der Waals surface area contributed by atoms with Gasteiger partial charge in [-0.1, -0.05) is 0 Å². The number of nitrogens with one attached hydrogen (secondary N) is 1. The van der Waals surface area contributed by atoms with E-state index in [2.05, 4.69) is 10.3 Å². The van der Waals surface area contributed by atoms with Crippen molar-refractivity contribution in [2.24, 2.45) is 5.92 Å². The van der Waals surface area contributed by atoms with Crippen LogP contribution in [-0.2, 0) is 16.0 Å². The Hall–Kier alpha value is -3.55. The molecule has 2 atom stereocenters. The molecule has 160 valence electrons. The fraction of sp³-hybridized carbons (Fsp3) is 0.348. The molecule has 1 fully saturated rings. The Morgan fingerprint density at radius 3 is 2.71 bits per heavy atom. The zero-order valence-electron chi connectivity index (χ0n) is 17.2. The zero-order chi connectivity index (χ0) is 22.0. The van der Waals surface area contributed by atoms with Gasteiger partial charge < -0.3 is 10.1 Å². The van der Waals surface area contributed by atoms with Gasteiger partial charge in [0.05, 0.1) is 19.0 Å². The smallest absolute Gasteiger partial charge is 0.414 e. The number of ether oxygens (including phenoxy) is 1. The number of aryl methyl sites for hydroxylation is 1. The van der Waals surface area contributed by atoms with E-state index >= 15 is 0 Å².